The Hall–Kier alpha value is -3.42. The van der Waals surface area contributed by atoms with Gasteiger partial charge in [0.05, 0.1) is 11.9 Å². The van der Waals surface area contributed by atoms with Crippen molar-refractivity contribution >= 4 is 29.3 Å². The smallest absolute Gasteiger partial charge is 0.349 e. The molecule has 0 atom stereocenters. The normalized spacial score (nSPS) is 10.2. The van der Waals surface area contributed by atoms with E-state index in [1.165, 1.54) is 0 Å². The van der Waals surface area contributed by atoms with Gasteiger partial charge in [-0.1, -0.05) is 18.2 Å². The lowest BCUT2D eigenvalue weighted by atomic mass is 10.3. The third kappa shape index (κ3) is 3.01. The minimum absolute atomic E-state index is 0.0141. The molecule has 0 unspecified atom stereocenters. The first kappa shape index (κ1) is 13.6. The second-order valence-electron chi connectivity index (χ2n) is 4.37. The predicted molar refractivity (Wildman–Crippen MR) is 82.8 cm³/mol. The molecule has 0 aliphatic rings. The number of amides is 1. The Kier molecular flexibility index (Phi) is 3.65. The van der Waals surface area contributed by atoms with Crippen LogP contribution in [0.25, 0.3) is 0 Å². The summed E-state index contributed by atoms with van der Waals surface area (Å²) < 4.78 is 0.992. The molecule has 1 amide bonds. The van der Waals surface area contributed by atoms with Gasteiger partial charge in [0.25, 0.3) is 0 Å². The summed E-state index contributed by atoms with van der Waals surface area (Å²) in [6.07, 6.45) is 3.26. The number of aromatic nitrogens is 4. The summed E-state index contributed by atoms with van der Waals surface area (Å²) in [5.41, 5.74) is 7.06. The Morgan fingerprint density at radius 3 is 2.59 bits per heavy atom. The highest BCUT2D eigenvalue weighted by Gasteiger charge is 2.14. The summed E-state index contributed by atoms with van der Waals surface area (Å²) in [7, 11) is 0. The van der Waals surface area contributed by atoms with Crippen molar-refractivity contribution in [2.75, 3.05) is 16.4 Å². The average Bonchev–Trinajstić information content (AvgIpc) is 2.90. The zero-order valence-corrected chi connectivity index (χ0v) is 11.5. The predicted octanol–water partition coefficient (Wildman–Crippen LogP) is 2.08. The number of rotatable bonds is 3. The van der Waals surface area contributed by atoms with E-state index >= 15 is 0 Å². The van der Waals surface area contributed by atoms with E-state index in [9.17, 15) is 4.79 Å². The molecule has 4 N–H and O–H groups in total. The molecule has 0 aliphatic carbocycles. The molecule has 0 saturated carbocycles. The first-order valence-corrected chi connectivity index (χ1v) is 6.48. The van der Waals surface area contributed by atoms with E-state index in [2.05, 4.69) is 25.7 Å². The molecule has 8 heteroatoms. The van der Waals surface area contributed by atoms with Crippen LogP contribution in [0.5, 0.6) is 0 Å². The van der Waals surface area contributed by atoms with Gasteiger partial charge in [-0.05, 0) is 24.3 Å². The second kappa shape index (κ2) is 5.92. The molecule has 2 aromatic heterocycles. The van der Waals surface area contributed by atoms with Crippen molar-refractivity contribution < 1.29 is 4.79 Å². The average molecular weight is 295 g/mol. The topological polar surface area (TPSA) is 111 Å². The van der Waals surface area contributed by atoms with Crippen molar-refractivity contribution in [1.29, 1.82) is 0 Å². The Morgan fingerprint density at radius 1 is 1.09 bits per heavy atom. The molecule has 0 spiro atoms. The Labute approximate surface area is 126 Å². The molecular weight excluding hydrogens is 282 g/mol. The van der Waals surface area contributed by atoms with Crippen molar-refractivity contribution in [3.63, 3.8) is 0 Å². The largest absolute Gasteiger partial charge is 0.368 e. The molecular formula is C14H13N7O. The highest BCUT2D eigenvalue weighted by Crippen LogP contribution is 2.13. The number of nitrogens with zero attached hydrogens (tertiary/aromatic N) is 4. The lowest BCUT2D eigenvalue weighted by molar-refractivity contribution is 0.251. The van der Waals surface area contributed by atoms with E-state index in [0.29, 0.717) is 11.4 Å². The lowest BCUT2D eigenvalue weighted by Crippen LogP contribution is -2.22. The van der Waals surface area contributed by atoms with Gasteiger partial charge in [-0.25, -0.2) is 4.79 Å². The third-order valence-corrected chi connectivity index (χ3v) is 2.77. The van der Waals surface area contributed by atoms with Crippen LogP contribution in [0.1, 0.15) is 0 Å². The molecule has 22 heavy (non-hydrogen) atoms. The third-order valence-electron chi connectivity index (χ3n) is 2.77. The number of hydrogen-bond donors (Lipinski definition) is 3. The number of hydrogen-bond acceptors (Lipinski definition) is 6. The van der Waals surface area contributed by atoms with E-state index in [-0.39, 0.29) is 11.9 Å². The number of carbonyl (C=O) groups is 1. The van der Waals surface area contributed by atoms with E-state index in [1.807, 2.05) is 18.2 Å². The van der Waals surface area contributed by atoms with Crippen LogP contribution in [0.2, 0.25) is 0 Å². The minimum atomic E-state index is -0.490. The van der Waals surface area contributed by atoms with Gasteiger partial charge < -0.3 is 16.4 Å². The highest BCUT2D eigenvalue weighted by atomic mass is 16.2. The number of carbonyl (C=O) groups excluding carboxylic acids is 1. The Balaban J connectivity index is 1.76. The number of pyridine rings is 1. The SMILES string of the molecule is Nc1nc(Nc2cccnc2)nn1C(=O)Nc1ccccc1. The molecule has 1 aromatic carbocycles. The number of nitrogens with two attached hydrogens (primary N) is 1. The molecule has 0 fully saturated rings. The molecule has 2 heterocycles. The van der Waals surface area contributed by atoms with Gasteiger partial charge in [-0.2, -0.15) is 4.98 Å². The lowest BCUT2D eigenvalue weighted by Gasteiger charge is -2.04. The van der Waals surface area contributed by atoms with Crippen LogP contribution >= 0.6 is 0 Å². The van der Waals surface area contributed by atoms with Crippen molar-refractivity contribution in [2.24, 2.45) is 0 Å². The van der Waals surface area contributed by atoms with Gasteiger partial charge >= 0.3 is 6.03 Å². The van der Waals surface area contributed by atoms with Crippen LogP contribution in [-0.4, -0.2) is 25.8 Å². The first-order chi connectivity index (χ1) is 10.7. The zero-order chi connectivity index (χ0) is 15.4. The quantitative estimate of drug-likeness (QED) is 0.682. The molecule has 0 bridgehead atoms. The molecule has 0 aliphatic heterocycles. The van der Waals surface area contributed by atoms with Crippen molar-refractivity contribution in [2.45, 2.75) is 0 Å². The fourth-order valence-electron chi connectivity index (χ4n) is 1.79. The van der Waals surface area contributed by atoms with Gasteiger partial charge in [-0.15, -0.1) is 9.78 Å². The number of nitrogen functional groups attached to an aromatic ring is 1. The maximum Gasteiger partial charge on any atom is 0.349 e. The van der Waals surface area contributed by atoms with E-state index in [1.54, 1.807) is 36.7 Å². The van der Waals surface area contributed by atoms with E-state index in [0.717, 1.165) is 4.68 Å². The maximum absolute atomic E-state index is 12.1. The van der Waals surface area contributed by atoms with Crippen molar-refractivity contribution in [3.05, 3.63) is 54.9 Å². The van der Waals surface area contributed by atoms with Crippen LogP contribution in [0.3, 0.4) is 0 Å². The second-order valence-corrected chi connectivity index (χ2v) is 4.37. The first-order valence-electron chi connectivity index (χ1n) is 6.48. The molecule has 0 radical (unpaired) electrons. The summed E-state index contributed by atoms with van der Waals surface area (Å²) in [5.74, 6) is 0.202. The Bertz CT molecular complexity index is 770. The summed E-state index contributed by atoms with van der Waals surface area (Å²) >= 11 is 0. The van der Waals surface area contributed by atoms with Crippen LogP contribution in [0.15, 0.2) is 54.9 Å². The number of benzene rings is 1. The molecule has 0 saturated heterocycles. The van der Waals surface area contributed by atoms with E-state index in [4.69, 9.17) is 5.73 Å². The van der Waals surface area contributed by atoms with Gasteiger partial charge in [0.2, 0.25) is 11.9 Å². The van der Waals surface area contributed by atoms with Crippen LogP contribution in [0.4, 0.5) is 28.1 Å². The van der Waals surface area contributed by atoms with Gasteiger partial charge in [0.1, 0.15) is 0 Å². The molecule has 110 valence electrons. The number of para-hydroxylation sites is 1. The van der Waals surface area contributed by atoms with Gasteiger partial charge in [0.15, 0.2) is 0 Å². The molecule has 8 nitrogen and oxygen atoms in total. The summed E-state index contributed by atoms with van der Waals surface area (Å²) in [4.78, 5) is 20.1. The molecule has 3 aromatic rings. The summed E-state index contributed by atoms with van der Waals surface area (Å²) in [6.45, 7) is 0. The zero-order valence-electron chi connectivity index (χ0n) is 11.5. The summed E-state index contributed by atoms with van der Waals surface area (Å²) in [6, 6.07) is 12.1. The fraction of sp³-hybridized carbons (Fsp3) is 0. The number of nitrogens with one attached hydrogen (secondary N) is 2. The van der Waals surface area contributed by atoms with Gasteiger partial charge in [-0.3, -0.25) is 4.98 Å². The van der Waals surface area contributed by atoms with Crippen LogP contribution in [-0.2, 0) is 0 Å². The standard InChI is InChI=1S/C14H13N7O/c15-12-19-13(17-11-7-4-8-16-9-11)20-21(12)14(22)18-10-5-2-1-3-6-10/h1-9H,(H,18,22)(H3,15,17,19,20). The van der Waals surface area contributed by atoms with Crippen LogP contribution < -0.4 is 16.4 Å². The summed E-state index contributed by atoms with van der Waals surface area (Å²) in [5, 5.41) is 9.63. The minimum Gasteiger partial charge on any atom is -0.368 e. The van der Waals surface area contributed by atoms with Crippen molar-refractivity contribution in [3.8, 4) is 0 Å². The Morgan fingerprint density at radius 2 is 1.86 bits per heavy atom. The fourth-order valence-corrected chi connectivity index (χ4v) is 1.79. The highest BCUT2D eigenvalue weighted by molar-refractivity contribution is 5.92. The monoisotopic (exact) mass is 295 g/mol. The maximum atomic E-state index is 12.1. The van der Waals surface area contributed by atoms with Gasteiger partial charge in [0, 0.05) is 11.9 Å². The van der Waals surface area contributed by atoms with Crippen LogP contribution in [0, 0.1) is 0 Å². The number of anilines is 4. The van der Waals surface area contributed by atoms with Crippen molar-refractivity contribution in [1.82, 2.24) is 19.7 Å². The van der Waals surface area contributed by atoms with E-state index < -0.39 is 6.03 Å². The molecule has 3 rings (SSSR count).